The van der Waals surface area contributed by atoms with E-state index in [4.69, 9.17) is 14.3 Å². The molecule has 1 rings (SSSR count). The summed E-state index contributed by atoms with van der Waals surface area (Å²) in [5.74, 6) is -0.114. The molecule has 1 aromatic heterocycles. The SMILES string of the molecule is CC(C)COC(C)c1ccc(C(=O)O)o1. The maximum absolute atomic E-state index is 10.6. The summed E-state index contributed by atoms with van der Waals surface area (Å²) in [5.41, 5.74) is 0. The molecular weight excluding hydrogens is 196 g/mol. The molecule has 0 aliphatic carbocycles. The summed E-state index contributed by atoms with van der Waals surface area (Å²) in [6.07, 6.45) is -0.208. The molecule has 1 N–H and O–H groups in total. The van der Waals surface area contributed by atoms with Crippen molar-refractivity contribution < 1.29 is 19.1 Å². The minimum atomic E-state index is -1.06. The van der Waals surface area contributed by atoms with Gasteiger partial charge in [-0.25, -0.2) is 4.79 Å². The van der Waals surface area contributed by atoms with Crippen LogP contribution in [0.5, 0.6) is 0 Å². The summed E-state index contributed by atoms with van der Waals surface area (Å²) in [7, 11) is 0. The number of rotatable bonds is 5. The minimum absolute atomic E-state index is 0.0509. The van der Waals surface area contributed by atoms with Crippen LogP contribution in [0, 0.1) is 5.92 Å². The Morgan fingerprint density at radius 3 is 2.60 bits per heavy atom. The monoisotopic (exact) mass is 212 g/mol. The van der Waals surface area contributed by atoms with Crippen molar-refractivity contribution in [3.8, 4) is 0 Å². The smallest absolute Gasteiger partial charge is 0.371 e. The van der Waals surface area contributed by atoms with Gasteiger partial charge in [0.1, 0.15) is 11.9 Å². The first kappa shape index (κ1) is 11.8. The van der Waals surface area contributed by atoms with E-state index in [1.807, 2.05) is 6.92 Å². The van der Waals surface area contributed by atoms with Gasteiger partial charge in [-0.2, -0.15) is 0 Å². The second kappa shape index (κ2) is 4.98. The zero-order valence-corrected chi connectivity index (χ0v) is 9.19. The Bertz CT molecular complexity index is 327. The van der Waals surface area contributed by atoms with Crippen LogP contribution in [0.1, 0.15) is 43.2 Å². The van der Waals surface area contributed by atoms with Crippen LogP contribution < -0.4 is 0 Å². The van der Waals surface area contributed by atoms with Crippen LogP contribution in [0.4, 0.5) is 0 Å². The van der Waals surface area contributed by atoms with Crippen molar-refractivity contribution in [3.05, 3.63) is 23.7 Å². The molecule has 0 saturated carbocycles. The van der Waals surface area contributed by atoms with Gasteiger partial charge in [-0.3, -0.25) is 0 Å². The standard InChI is InChI=1S/C11H16O4/c1-7(2)6-14-8(3)9-4-5-10(15-9)11(12)13/h4-5,7-8H,6H2,1-3H3,(H,12,13). The number of hydrogen-bond donors (Lipinski definition) is 1. The highest BCUT2D eigenvalue weighted by Crippen LogP contribution is 2.20. The summed E-state index contributed by atoms with van der Waals surface area (Å²) >= 11 is 0. The molecule has 84 valence electrons. The number of furan rings is 1. The normalized spacial score (nSPS) is 13.1. The average molecular weight is 212 g/mol. The zero-order chi connectivity index (χ0) is 11.4. The van der Waals surface area contributed by atoms with Gasteiger partial charge >= 0.3 is 5.97 Å². The molecule has 4 nitrogen and oxygen atoms in total. The van der Waals surface area contributed by atoms with Crippen LogP contribution in [-0.4, -0.2) is 17.7 Å². The molecule has 0 aliphatic heterocycles. The van der Waals surface area contributed by atoms with Gasteiger partial charge in [0.05, 0.1) is 0 Å². The van der Waals surface area contributed by atoms with E-state index in [0.29, 0.717) is 18.3 Å². The molecule has 4 heteroatoms. The van der Waals surface area contributed by atoms with Gasteiger partial charge in [0.2, 0.25) is 5.76 Å². The highest BCUT2D eigenvalue weighted by Gasteiger charge is 2.14. The fourth-order valence-corrected chi connectivity index (χ4v) is 1.11. The fraction of sp³-hybridized carbons (Fsp3) is 0.545. The van der Waals surface area contributed by atoms with E-state index in [0.717, 1.165) is 0 Å². The van der Waals surface area contributed by atoms with Crippen molar-refractivity contribution in [1.29, 1.82) is 0 Å². The zero-order valence-electron chi connectivity index (χ0n) is 9.19. The first-order chi connectivity index (χ1) is 7.00. The van der Waals surface area contributed by atoms with Crippen LogP contribution in [0.15, 0.2) is 16.5 Å². The van der Waals surface area contributed by atoms with Crippen molar-refractivity contribution in [3.63, 3.8) is 0 Å². The quantitative estimate of drug-likeness (QED) is 0.815. The lowest BCUT2D eigenvalue weighted by atomic mass is 10.2. The maximum Gasteiger partial charge on any atom is 0.371 e. The van der Waals surface area contributed by atoms with E-state index in [2.05, 4.69) is 13.8 Å². The third kappa shape index (κ3) is 3.40. The van der Waals surface area contributed by atoms with Crippen molar-refractivity contribution in [1.82, 2.24) is 0 Å². The lowest BCUT2D eigenvalue weighted by Gasteiger charge is -2.12. The molecule has 15 heavy (non-hydrogen) atoms. The molecule has 0 spiro atoms. The summed E-state index contributed by atoms with van der Waals surface area (Å²) in [5, 5.41) is 8.66. The molecule has 0 saturated heterocycles. The largest absolute Gasteiger partial charge is 0.475 e. The van der Waals surface area contributed by atoms with Gasteiger partial charge in [0.25, 0.3) is 0 Å². The molecule has 1 atom stereocenters. The predicted molar refractivity (Wildman–Crippen MR) is 54.9 cm³/mol. The molecule has 1 heterocycles. The first-order valence-electron chi connectivity index (χ1n) is 4.95. The van der Waals surface area contributed by atoms with E-state index in [1.54, 1.807) is 6.07 Å². The van der Waals surface area contributed by atoms with Gasteiger partial charge in [0, 0.05) is 6.61 Å². The molecule has 0 aromatic carbocycles. The van der Waals surface area contributed by atoms with E-state index in [9.17, 15) is 4.79 Å². The van der Waals surface area contributed by atoms with Gasteiger partial charge in [0.15, 0.2) is 0 Å². The van der Waals surface area contributed by atoms with Crippen LogP contribution in [0.2, 0.25) is 0 Å². The first-order valence-corrected chi connectivity index (χ1v) is 4.95. The van der Waals surface area contributed by atoms with E-state index in [1.165, 1.54) is 6.07 Å². The van der Waals surface area contributed by atoms with Gasteiger partial charge in [-0.05, 0) is 25.0 Å². The Labute approximate surface area is 88.8 Å². The lowest BCUT2D eigenvalue weighted by Crippen LogP contribution is -2.05. The van der Waals surface area contributed by atoms with Crippen molar-refractivity contribution in [2.45, 2.75) is 26.9 Å². The number of aromatic carboxylic acids is 1. The third-order valence-corrected chi connectivity index (χ3v) is 1.92. The van der Waals surface area contributed by atoms with Crippen LogP contribution in [-0.2, 0) is 4.74 Å². The van der Waals surface area contributed by atoms with E-state index in [-0.39, 0.29) is 11.9 Å². The molecular formula is C11H16O4. The number of ether oxygens (including phenoxy) is 1. The van der Waals surface area contributed by atoms with Crippen LogP contribution in [0.3, 0.4) is 0 Å². The van der Waals surface area contributed by atoms with Crippen LogP contribution in [0.25, 0.3) is 0 Å². The van der Waals surface area contributed by atoms with E-state index >= 15 is 0 Å². The number of carboxylic acids is 1. The minimum Gasteiger partial charge on any atom is -0.475 e. The summed E-state index contributed by atoms with van der Waals surface area (Å²) in [6, 6.07) is 3.07. The highest BCUT2D eigenvalue weighted by atomic mass is 16.5. The Morgan fingerprint density at radius 2 is 2.13 bits per heavy atom. The lowest BCUT2D eigenvalue weighted by molar-refractivity contribution is 0.0319. The summed E-state index contributed by atoms with van der Waals surface area (Å²) in [4.78, 5) is 10.6. The number of carbonyl (C=O) groups is 1. The molecule has 0 radical (unpaired) electrons. The van der Waals surface area contributed by atoms with Crippen LogP contribution >= 0.6 is 0 Å². The van der Waals surface area contributed by atoms with E-state index < -0.39 is 5.97 Å². The van der Waals surface area contributed by atoms with Crippen molar-refractivity contribution >= 4 is 5.97 Å². The Balaban J connectivity index is 2.58. The molecule has 0 amide bonds. The maximum atomic E-state index is 10.6. The Hall–Kier alpha value is -1.29. The molecule has 0 aliphatic rings. The summed E-state index contributed by atoms with van der Waals surface area (Å²) in [6.45, 7) is 6.58. The summed E-state index contributed by atoms with van der Waals surface area (Å²) < 4.78 is 10.6. The molecule has 1 aromatic rings. The molecule has 0 fully saturated rings. The van der Waals surface area contributed by atoms with Crippen molar-refractivity contribution in [2.24, 2.45) is 5.92 Å². The Kier molecular flexibility index (Phi) is 3.91. The highest BCUT2D eigenvalue weighted by molar-refractivity contribution is 5.84. The third-order valence-electron chi connectivity index (χ3n) is 1.92. The van der Waals surface area contributed by atoms with Gasteiger partial charge in [-0.15, -0.1) is 0 Å². The number of hydrogen-bond acceptors (Lipinski definition) is 3. The molecule has 1 unspecified atom stereocenters. The topological polar surface area (TPSA) is 59.7 Å². The number of carboxylic acid groups (broad SMARTS) is 1. The fourth-order valence-electron chi connectivity index (χ4n) is 1.11. The van der Waals surface area contributed by atoms with Crippen molar-refractivity contribution in [2.75, 3.05) is 6.61 Å². The second-order valence-electron chi connectivity index (χ2n) is 3.88. The Morgan fingerprint density at radius 1 is 1.47 bits per heavy atom. The predicted octanol–water partition coefficient (Wildman–Crippen LogP) is 2.71. The average Bonchev–Trinajstić information content (AvgIpc) is 2.62. The van der Waals surface area contributed by atoms with Gasteiger partial charge < -0.3 is 14.3 Å². The second-order valence-corrected chi connectivity index (χ2v) is 3.88. The van der Waals surface area contributed by atoms with Gasteiger partial charge in [-0.1, -0.05) is 13.8 Å². The molecule has 0 bridgehead atoms.